The first-order chi connectivity index (χ1) is 6.96. The number of rotatable bonds is 4. The molecule has 1 unspecified atom stereocenters. The third-order valence-corrected chi connectivity index (χ3v) is 3.05. The Morgan fingerprint density at radius 1 is 1.60 bits per heavy atom. The van der Waals surface area contributed by atoms with E-state index in [1.54, 1.807) is 7.11 Å². The Kier molecular flexibility index (Phi) is 4.11. The van der Waals surface area contributed by atoms with Crippen molar-refractivity contribution in [1.82, 2.24) is 10.2 Å². The molecule has 4 heteroatoms. The first-order valence-electron chi connectivity index (χ1n) is 5.53. The predicted octanol–water partition coefficient (Wildman–Crippen LogP) is 0.622. The maximum atomic E-state index is 11.8. The fourth-order valence-corrected chi connectivity index (χ4v) is 1.62. The van der Waals surface area contributed by atoms with Crippen LogP contribution in [-0.4, -0.2) is 49.2 Å². The van der Waals surface area contributed by atoms with Crippen molar-refractivity contribution < 1.29 is 9.53 Å². The molecule has 1 rings (SSSR count). The zero-order valence-electron chi connectivity index (χ0n) is 10.2. The first kappa shape index (κ1) is 12.5. The summed E-state index contributed by atoms with van der Waals surface area (Å²) < 4.78 is 5.34. The van der Waals surface area contributed by atoms with Crippen LogP contribution < -0.4 is 5.32 Å². The summed E-state index contributed by atoms with van der Waals surface area (Å²) >= 11 is 0. The van der Waals surface area contributed by atoms with E-state index in [9.17, 15) is 4.79 Å². The Balaban J connectivity index is 2.41. The Morgan fingerprint density at radius 2 is 2.27 bits per heavy atom. The van der Waals surface area contributed by atoms with E-state index in [1.807, 2.05) is 25.7 Å². The zero-order chi connectivity index (χ0) is 11.5. The fourth-order valence-electron chi connectivity index (χ4n) is 1.62. The summed E-state index contributed by atoms with van der Waals surface area (Å²) in [7, 11) is 1.71. The van der Waals surface area contributed by atoms with E-state index < -0.39 is 0 Å². The van der Waals surface area contributed by atoms with Crippen molar-refractivity contribution in [3.05, 3.63) is 0 Å². The zero-order valence-corrected chi connectivity index (χ0v) is 10.2. The van der Waals surface area contributed by atoms with Crippen molar-refractivity contribution in [2.45, 2.75) is 38.8 Å². The topological polar surface area (TPSA) is 41.6 Å². The Bertz CT molecular complexity index is 229. The van der Waals surface area contributed by atoms with Crippen LogP contribution in [0.4, 0.5) is 0 Å². The smallest absolute Gasteiger partial charge is 0.239 e. The minimum Gasteiger partial charge on any atom is -0.379 e. The van der Waals surface area contributed by atoms with Crippen LogP contribution >= 0.6 is 0 Å². The molecule has 1 atom stereocenters. The van der Waals surface area contributed by atoms with Gasteiger partial charge in [0.15, 0.2) is 0 Å². The fraction of sp³-hybridized carbons (Fsp3) is 0.909. The molecule has 88 valence electrons. The van der Waals surface area contributed by atoms with Crippen molar-refractivity contribution in [2.75, 3.05) is 26.7 Å². The molecule has 0 aromatic heterocycles. The number of ether oxygens (including phenoxy) is 1. The van der Waals surface area contributed by atoms with Crippen molar-refractivity contribution in [3.8, 4) is 0 Å². The third kappa shape index (κ3) is 3.47. The highest BCUT2D eigenvalue weighted by atomic mass is 16.5. The Labute approximate surface area is 92.0 Å². The van der Waals surface area contributed by atoms with Crippen LogP contribution in [0, 0.1) is 0 Å². The molecular weight excluding hydrogens is 192 g/mol. The molecule has 0 bridgehead atoms. The van der Waals surface area contributed by atoms with E-state index in [2.05, 4.69) is 5.32 Å². The second-order valence-electron chi connectivity index (χ2n) is 4.71. The lowest BCUT2D eigenvalue weighted by atomic mass is 10.0. The monoisotopic (exact) mass is 214 g/mol. The van der Waals surface area contributed by atoms with Crippen LogP contribution in [0.15, 0.2) is 0 Å². The lowest BCUT2D eigenvalue weighted by Gasteiger charge is -2.34. The molecule has 0 aromatic rings. The number of amides is 1. The molecule has 15 heavy (non-hydrogen) atoms. The summed E-state index contributed by atoms with van der Waals surface area (Å²) in [4.78, 5) is 13.7. The van der Waals surface area contributed by atoms with Gasteiger partial charge in [-0.1, -0.05) is 0 Å². The van der Waals surface area contributed by atoms with E-state index in [-0.39, 0.29) is 17.6 Å². The van der Waals surface area contributed by atoms with Gasteiger partial charge in [0.05, 0.1) is 11.6 Å². The molecule has 1 aliphatic rings. The number of carbonyl (C=O) groups excluding carboxylic acids is 1. The summed E-state index contributed by atoms with van der Waals surface area (Å²) in [6, 6.07) is -0.0376. The van der Waals surface area contributed by atoms with E-state index in [1.165, 1.54) is 0 Å². The molecule has 0 aliphatic carbocycles. The van der Waals surface area contributed by atoms with E-state index >= 15 is 0 Å². The van der Waals surface area contributed by atoms with E-state index in [4.69, 9.17) is 4.74 Å². The molecule has 4 nitrogen and oxygen atoms in total. The molecule has 0 radical (unpaired) electrons. The predicted molar refractivity (Wildman–Crippen MR) is 59.7 cm³/mol. The Hall–Kier alpha value is -0.610. The second kappa shape index (κ2) is 4.94. The number of piperazine rings is 1. The van der Waals surface area contributed by atoms with Crippen LogP contribution in [0.2, 0.25) is 0 Å². The van der Waals surface area contributed by atoms with Crippen LogP contribution in [0.1, 0.15) is 27.2 Å². The van der Waals surface area contributed by atoms with Gasteiger partial charge in [0.2, 0.25) is 5.91 Å². The molecule has 1 aliphatic heterocycles. The summed E-state index contributed by atoms with van der Waals surface area (Å²) in [6.07, 6.45) is 0.877. The number of carbonyl (C=O) groups is 1. The van der Waals surface area contributed by atoms with Gasteiger partial charge < -0.3 is 15.0 Å². The van der Waals surface area contributed by atoms with Gasteiger partial charge in [-0.3, -0.25) is 4.79 Å². The maximum Gasteiger partial charge on any atom is 0.239 e. The van der Waals surface area contributed by atoms with Gasteiger partial charge in [0.1, 0.15) is 0 Å². The van der Waals surface area contributed by atoms with Gasteiger partial charge in [-0.2, -0.15) is 0 Å². The van der Waals surface area contributed by atoms with Gasteiger partial charge in [-0.05, 0) is 27.2 Å². The van der Waals surface area contributed by atoms with E-state index in [0.29, 0.717) is 0 Å². The number of hydrogen-bond acceptors (Lipinski definition) is 3. The highest BCUT2D eigenvalue weighted by Crippen LogP contribution is 2.14. The number of hydrogen-bond donors (Lipinski definition) is 1. The van der Waals surface area contributed by atoms with Crippen LogP contribution in [0.25, 0.3) is 0 Å². The minimum atomic E-state index is -0.144. The third-order valence-electron chi connectivity index (χ3n) is 3.05. The average molecular weight is 214 g/mol. The summed E-state index contributed by atoms with van der Waals surface area (Å²) in [6.45, 7) is 8.48. The molecular formula is C11H22N2O2. The first-order valence-corrected chi connectivity index (χ1v) is 5.53. The van der Waals surface area contributed by atoms with Crippen molar-refractivity contribution in [3.63, 3.8) is 0 Å². The number of nitrogens with one attached hydrogen (secondary N) is 1. The number of methoxy groups -OCH3 is 1. The standard InChI is InChI=1S/C11H22N2O2/c1-9-10(14)13(8-6-12-9)7-5-11(2,3)15-4/h9,12H,5-8H2,1-4H3. The normalized spacial score (nSPS) is 23.3. The van der Waals surface area contributed by atoms with Gasteiger partial charge in [0, 0.05) is 26.7 Å². The average Bonchev–Trinajstić information content (AvgIpc) is 2.20. The van der Waals surface area contributed by atoms with Gasteiger partial charge >= 0.3 is 0 Å². The van der Waals surface area contributed by atoms with Gasteiger partial charge in [0.25, 0.3) is 0 Å². The quantitative estimate of drug-likeness (QED) is 0.746. The highest BCUT2D eigenvalue weighted by Gasteiger charge is 2.26. The SMILES string of the molecule is COC(C)(C)CCN1CCNC(C)C1=O. The molecule has 1 fully saturated rings. The minimum absolute atomic E-state index is 0.0376. The van der Waals surface area contributed by atoms with Crippen molar-refractivity contribution in [2.24, 2.45) is 0 Å². The second-order valence-corrected chi connectivity index (χ2v) is 4.71. The maximum absolute atomic E-state index is 11.8. The van der Waals surface area contributed by atoms with Crippen LogP contribution in [0.5, 0.6) is 0 Å². The van der Waals surface area contributed by atoms with Crippen molar-refractivity contribution in [1.29, 1.82) is 0 Å². The largest absolute Gasteiger partial charge is 0.379 e. The van der Waals surface area contributed by atoms with E-state index in [0.717, 1.165) is 26.1 Å². The van der Waals surface area contributed by atoms with Gasteiger partial charge in [-0.15, -0.1) is 0 Å². The van der Waals surface area contributed by atoms with Crippen LogP contribution in [0.3, 0.4) is 0 Å². The molecule has 1 amide bonds. The molecule has 1 N–H and O–H groups in total. The highest BCUT2D eigenvalue weighted by molar-refractivity contribution is 5.82. The molecule has 0 aromatic carbocycles. The summed E-state index contributed by atoms with van der Waals surface area (Å²) in [5, 5.41) is 3.15. The lowest BCUT2D eigenvalue weighted by molar-refractivity contribution is -0.135. The molecule has 0 saturated carbocycles. The van der Waals surface area contributed by atoms with Crippen molar-refractivity contribution >= 4 is 5.91 Å². The lowest BCUT2D eigenvalue weighted by Crippen LogP contribution is -2.54. The molecule has 1 heterocycles. The molecule has 0 spiro atoms. The molecule has 1 saturated heterocycles. The Morgan fingerprint density at radius 3 is 2.87 bits per heavy atom. The summed E-state index contributed by atoms with van der Waals surface area (Å²) in [5.74, 6) is 0.202. The van der Waals surface area contributed by atoms with Gasteiger partial charge in [-0.25, -0.2) is 0 Å². The van der Waals surface area contributed by atoms with Crippen LogP contribution in [-0.2, 0) is 9.53 Å². The number of nitrogens with zero attached hydrogens (tertiary/aromatic N) is 1. The summed E-state index contributed by atoms with van der Waals surface area (Å²) in [5.41, 5.74) is -0.144.